The number of hydrogen-bond acceptors (Lipinski definition) is 3. The molecule has 0 aromatic rings. The Morgan fingerprint density at radius 2 is 2.30 bits per heavy atom. The molecular formula is C7H9N3. The van der Waals surface area contributed by atoms with Crippen LogP contribution in [0.25, 0.3) is 0 Å². The molecule has 0 aliphatic heterocycles. The summed E-state index contributed by atoms with van der Waals surface area (Å²) in [4.78, 5) is 3.84. The van der Waals surface area contributed by atoms with Crippen molar-refractivity contribution in [3.63, 3.8) is 0 Å². The average Bonchev–Trinajstić information content (AvgIpc) is 1.98. The highest BCUT2D eigenvalue weighted by Crippen LogP contribution is 1.86. The molecule has 0 aliphatic carbocycles. The van der Waals surface area contributed by atoms with Crippen molar-refractivity contribution in [3.05, 3.63) is 0 Å². The zero-order valence-electron chi connectivity index (χ0n) is 5.91. The van der Waals surface area contributed by atoms with Crippen molar-refractivity contribution in [1.82, 2.24) is 0 Å². The lowest BCUT2D eigenvalue weighted by molar-refractivity contribution is 0.935. The Morgan fingerprint density at radius 3 is 2.80 bits per heavy atom. The number of unbranched alkanes of at least 4 members (excludes halogenated alkanes) is 1. The van der Waals surface area contributed by atoms with Gasteiger partial charge in [-0.3, -0.25) is 4.99 Å². The largest absolute Gasteiger partial charge is 0.279 e. The van der Waals surface area contributed by atoms with E-state index in [0.29, 0.717) is 12.8 Å². The quantitative estimate of drug-likeness (QED) is 0.432. The van der Waals surface area contributed by atoms with E-state index < -0.39 is 0 Å². The molecule has 1 unspecified atom stereocenters. The van der Waals surface area contributed by atoms with Crippen LogP contribution in [-0.2, 0) is 0 Å². The maximum Gasteiger partial charge on any atom is 0.133 e. The summed E-state index contributed by atoms with van der Waals surface area (Å²) in [5, 5.41) is 16.4. The number of rotatable bonds is 3. The number of nitrogens with zero attached hydrogens (tertiary/aromatic N) is 3. The third-order valence-electron chi connectivity index (χ3n) is 0.901. The van der Waals surface area contributed by atoms with Gasteiger partial charge in [0.2, 0.25) is 0 Å². The van der Waals surface area contributed by atoms with E-state index in [1.54, 1.807) is 13.1 Å². The lowest BCUT2D eigenvalue weighted by Crippen LogP contribution is -1.91. The van der Waals surface area contributed by atoms with Crippen LogP contribution >= 0.6 is 0 Å². The summed E-state index contributed by atoms with van der Waals surface area (Å²) in [6.45, 7) is 1.71. The van der Waals surface area contributed by atoms with Crippen molar-refractivity contribution in [2.24, 2.45) is 4.99 Å². The highest BCUT2D eigenvalue weighted by atomic mass is 14.7. The van der Waals surface area contributed by atoms with Gasteiger partial charge in [-0.2, -0.15) is 10.5 Å². The predicted octanol–water partition coefficient (Wildman–Crippen LogP) is 1.27. The van der Waals surface area contributed by atoms with E-state index in [4.69, 9.17) is 10.5 Å². The van der Waals surface area contributed by atoms with Gasteiger partial charge < -0.3 is 0 Å². The summed E-state index contributed by atoms with van der Waals surface area (Å²) in [7, 11) is 0. The maximum atomic E-state index is 8.26. The zero-order chi connectivity index (χ0) is 7.82. The first-order valence-corrected chi connectivity index (χ1v) is 3.09. The molecule has 0 N–H and O–H groups in total. The molecule has 0 bridgehead atoms. The molecule has 3 heteroatoms. The highest BCUT2D eigenvalue weighted by molar-refractivity contribution is 5.58. The van der Waals surface area contributed by atoms with Crippen molar-refractivity contribution in [1.29, 1.82) is 10.5 Å². The second-order valence-electron chi connectivity index (χ2n) is 1.83. The number of nitriles is 2. The van der Waals surface area contributed by atoms with Crippen molar-refractivity contribution in [2.75, 3.05) is 0 Å². The van der Waals surface area contributed by atoms with Crippen LogP contribution in [0.15, 0.2) is 4.99 Å². The normalized spacial score (nSPS) is 12.3. The smallest absolute Gasteiger partial charge is 0.133 e. The number of hydrogen-bond donors (Lipinski definition) is 0. The van der Waals surface area contributed by atoms with Gasteiger partial charge in [0, 0.05) is 12.6 Å². The minimum Gasteiger partial charge on any atom is -0.279 e. The fourth-order valence-electron chi connectivity index (χ4n) is 0.395. The summed E-state index contributed by atoms with van der Waals surface area (Å²) in [6.07, 6.45) is 2.74. The van der Waals surface area contributed by atoms with Crippen LogP contribution < -0.4 is 0 Å². The van der Waals surface area contributed by atoms with E-state index in [1.807, 2.05) is 12.1 Å². The van der Waals surface area contributed by atoms with Gasteiger partial charge >= 0.3 is 0 Å². The molecule has 0 aromatic carbocycles. The van der Waals surface area contributed by atoms with Gasteiger partial charge in [-0.15, -0.1) is 0 Å². The zero-order valence-corrected chi connectivity index (χ0v) is 5.91. The maximum absolute atomic E-state index is 8.26. The summed E-state index contributed by atoms with van der Waals surface area (Å²) in [5.74, 6) is 0. The summed E-state index contributed by atoms with van der Waals surface area (Å²) >= 11 is 0. The van der Waals surface area contributed by atoms with Gasteiger partial charge in [-0.25, -0.2) is 0 Å². The molecule has 0 amide bonds. The molecule has 0 spiro atoms. The molecule has 0 fully saturated rings. The Kier molecular flexibility index (Phi) is 5.00. The molecule has 0 saturated heterocycles. The molecule has 0 saturated carbocycles. The molecule has 3 nitrogen and oxygen atoms in total. The Labute approximate surface area is 60.6 Å². The van der Waals surface area contributed by atoms with Crippen molar-refractivity contribution >= 4 is 6.21 Å². The minimum atomic E-state index is -0.279. The molecule has 52 valence electrons. The van der Waals surface area contributed by atoms with E-state index in [0.717, 1.165) is 0 Å². The van der Waals surface area contributed by atoms with E-state index >= 15 is 0 Å². The summed E-state index contributed by atoms with van der Waals surface area (Å²) < 4.78 is 0. The van der Waals surface area contributed by atoms with Gasteiger partial charge in [0.25, 0.3) is 0 Å². The fraction of sp³-hybridized carbons (Fsp3) is 0.571. The van der Waals surface area contributed by atoms with Crippen LogP contribution in [0.1, 0.15) is 19.8 Å². The molecular weight excluding hydrogens is 126 g/mol. The Balaban J connectivity index is 3.41. The Bertz CT molecular complexity index is 182. The van der Waals surface area contributed by atoms with E-state index in [2.05, 4.69) is 4.99 Å². The van der Waals surface area contributed by atoms with Crippen molar-refractivity contribution in [2.45, 2.75) is 25.8 Å². The molecule has 0 rings (SSSR count). The van der Waals surface area contributed by atoms with Gasteiger partial charge in [-0.1, -0.05) is 0 Å². The Morgan fingerprint density at radius 1 is 1.60 bits per heavy atom. The van der Waals surface area contributed by atoms with Crippen LogP contribution in [0.4, 0.5) is 0 Å². The first kappa shape index (κ1) is 8.65. The number of aliphatic imine (C=N–C) groups is 1. The van der Waals surface area contributed by atoms with E-state index in [-0.39, 0.29) is 6.04 Å². The SMILES string of the molecule is CC(C#N)N=CCCC#N. The third kappa shape index (κ3) is 4.80. The van der Waals surface area contributed by atoms with E-state index in [1.165, 1.54) is 0 Å². The topological polar surface area (TPSA) is 59.9 Å². The first-order valence-electron chi connectivity index (χ1n) is 3.09. The summed E-state index contributed by atoms with van der Waals surface area (Å²) in [5.41, 5.74) is 0. The van der Waals surface area contributed by atoms with Crippen LogP contribution in [0.3, 0.4) is 0 Å². The van der Waals surface area contributed by atoms with Crippen molar-refractivity contribution < 1.29 is 0 Å². The van der Waals surface area contributed by atoms with Crippen LogP contribution in [-0.4, -0.2) is 12.3 Å². The lowest BCUT2D eigenvalue weighted by Gasteiger charge is -1.88. The molecule has 0 aromatic heterocycles. The second kappa shape index (κ2) is 5.78. The van der Waals surface area contributed by atoms with Crippen molar-refractivity contribution in [3.8, 4) is 12.1 Å². The summed E-state index contributed by atoms with van der Waals surface area (Å²) in [6, 6.07) is 3.67. The van der Waals surface area contributed by atoms with Crippen LogP contribution in [0, 0.1) is 22.7 Å². The van der Waals surface area contributed by atoms with E-state index in [9.17, 15) is 0 Å². The first-order chi connectivity index (χ1) is 4.81. The van der Waals surface area contributed by atoms with Crippen LogP contribution in [0.5, 0.6) is 0 Å². The monoisotopic (exact) mass is 135 g/mol. The third-order valence-corrected chi connectivity index (χ3v) is 0.901. The highest BCUT2D eigenvalue weighted by Gasteiger charge is 1.89. The Hall–Kier alpha value is -1.35. The fourth-order valence-corrected chi connectivity index (χ4v) is 0.395. The lowest BCUT2D eigenvalue weighted by atomic mass is 10.3. The molecule has 0 aliphatic rings. The van der Waals surface area contributed by atoms with Crippen LogP contribution in [0.2, 0.25) is 0 Å². The molecule has 0 heterocycles. The predicted molar refractivity (Wildman–Crippen MR) is 38.4 cm³/mol. The standard InChI is InChI=1S/C7H9N3/c1-7(6-9)10-5-3-2-4-8/h5,7H,2-3H2,1H3. The molecule has 1 atom stereocenters. The van der Waals surface area contributed by atoms with Gasteiger partial charge in [0.05, 0.1) is 12.1 Å². The minimum absolute atomic E-state index is 0.279. The second-order valence-corrected chi connectivity index (χ2v) is 1.83. The van der Waals surface area contributed by atoms with Gasteiger partial charge in [-0.05, 0) is 13.3 Å². The average molecular weight is 135 g/mol. The molecule has 10 heavy (non-hydrogen) atoms. The van der Waals surface area contributed by atoms with Gasteiger partial charge in [0.15, 0.2) is 0 Å². The molecule has 0 radical (unpaired) electrons. The van der Waals surface area contributed by atoms with Gasteiger partial charge in [0.1, 0.15) is 6.04 Å².